The Morgan fingerprint density at radius 1 is 1.07 bits per heavy atom. The van der Waals surface area contributed by atoms with Crippen LogP contribution in [0.2, 0.25) is 0 Å². The number of carbonyl (C=O) groups is 2. The van der Waals surface area contributed by atoms with Crippen molar-refractivity contribution in [2.45, 2.75) is 57.9 Å². The summed E-state index contributed by atoms with van der Waals surface area (Å²) in [6.07, 6.45) is 8.77. The summed E-state index contributed by atoms with van der Waals surface area (Å²) in [6.45, 7) is 4.59. The molecule has 27 heavy (non-hydrogen) atoms. The normalized spacial score (nSPS) is 32.0. The van der Waals surface area contributed by atoms with Gasteiger partial charge in [0.05, 0.1) is 5.69 Å². The van der Waals surface area contributed by atoms with Gasteiger partial charge in [0.1, 0.15) is 5.82 Å². The van der Waals surface area contributed by atoms with Crippen LogP contribution in [0.3, 0.4) is 0 Å². The molecule has 1 aromatic rings. The lowest BCUT2D eigenvalue weighted by molar-refractivity contribution is -0.134. The number of hydrogen-bond donors (Lipinski definition) is 0. The smallest absolute Gasteiger partial charge is 0.226 e. The third-order valence-corrected chi connectivity index (χ3v) is 7.20. The van der Waals surface area contributed by atoms with Crippen LogP contribution in [0.25, 0.3) is 0 Å². The van der Waals surface area contributed by atoms with Crippen LogP contribution in [0.1, 0.15) is 62.0 Å². The summed E-state index contributed by atoms with van der Waals surface area (Å²) in [5.74, 6) is 3.24. The van der Waals surface area contributed by atoms with E-state index in [1.165, 1.54) is 25.7 Å². The monoisotopic (exact) mass is 368 g/mol. The molecule has 5 rings (SSSR count). The fourth-order valence-electron chi connectivity index (χ4n) is 5.54. The zero-order valence-electron chi connectivity index (χ0n) is 16.1. The molecule has 2 aliphatic carbocycles. The zero-order chi connectivity index (χ0) is 18.5. The highest BCUT2D eigenvalue weighted by molar-refractivity contribution is 5.82. The first-order valence-electron chi connectivity index (χ1n) is 10.5. The van der Waals surface area contributed by atoms with E-state index in [-0.39, 0.29) is 11.8 Å². The summed E-state index contributed by atoms with van der Waals surface area (Å²) < 4.78 is 0. The van der Waals surface area contributed by atoms with Gasteiger partial charge in [0.25, 0.3) is 0 Å². The fraction of sp³-hybridized carbons (Fsp3) is 0.714. The fourth-order valence-corrected chi connectivity index (χ4v) is 5.54. The van der Waals surface area contributed by atoms with Crippen LogP contribution >= 0.6 is 0 Å². The highest BCUT2D eigenvalue weighted by atomic mass is 16.2. The number of nitrogens with zero attached hydrogens (tertiary/aromatic N) is 4. The van der Waals surface area contributed by atoms with E-state index in [1.807, 2.05) is 16.0 Å². The average molecular weight is 368 g/mol. The molecular formula is C21H28N4O2. The molecule has 4 aliphatic rings. The van der Waals surface area contributed by atoms with Gasteiger partial charge in [-0.1, -0.05) is 12.8 Å². The highest BCUT2D eigenvalue weighted by Crippen LogP contribution is 2.56. The molecule has 1 unspecified atom stereocenters. The first kappa shape index (κ1) is 17.1. The van der Waals surface area contributed by atoms with E-state index in [0.717, 1.165) is 49.6 Å². The quantitative estimate of drug-likeness (QED) is 0.802. The molecular weight excluding hydrogens is 340 g/mol. The van der Waals surface area contributed by atoms with Crippen LogP contribution < -0.4 is 0 Å². The van der Waals surface area contributed by atoms with Crippen molar-refractivity contribution in [3.8, 4) is 0 Å². The summed E-state index contributed by atoms with van der Waals surface area (Å²) >= 11 is 0. The molecule has 4 atom stereocenters. The van der Waals surface area contributed by atoms with Gasteiger partial charge in [-0.3, -0.25) is 9.59 Å². The lowest BCUT2D eigenvalue weighted by atomic mass is 10.0. The molecule has 1 aromatic heterocycles. The Morgan fingerprint density at radius 2 is 1.85 bits per heavy atom. The maximum absolute atomic E-state index is 13.0. The van der Waals surface area contributed by atoms with Crippen molar-refractivity contribution in [3.63, 3.8) is 0 Å². The number of rotatable bonds is 2. The molecule has 3 fully saturated rings. The Balaban J connectivity index is 1.26. The number of fused-ring (bicyclic) bond motifs is 2. The van der Waals surface area contributed by atoms with Crippen LogP contribution in [0.15, 0.2) is 6.20 Å². The van der Waals surface area contributed by atoms with Crippen LogP contribution in [0, 0.1) is 17.8 Å². The van der Waals surface area contributed by atoms with E-state index < -0.39 is 0 Å². The van der Waals surface area contributed by atoms with E-state index >= 15 is 0 Å². The van der Waals surface area contributed by atoms with Crippen molar-refractivity contribution in [1.82, 2.24) is 19.8 Å². The maximum atomic E-state index is 13.0. The number of carbonyl (C=O) groups excluding carboxylic acids is 2. The molecule has 6 heteroatoms. The molecule has 144 valence electrons. The van der Waals surface area contributed by atoms with Crippen molar-refractivity contribution in [1.29, 1.82) is 0 Å². The second-order valence-electron chi connectivity index (χ2n) is 8.80. The van der Waals surface area contributed by atoms with Crippen LogP contribution in [0.4, 0.5) is 0 Å². The highest BCUT2D eigenvalue weighted by Gasteiger charge is 2.55. The van der Waals surface area contributed by atoms with Crippen LogP contribution in [0.5, 0.6) is 0 Å². The summed E-state index contributed by atoms with van der Waals surface area (Å²) in [5, 5.41) is 0. The van der Waals surface area contributed by atoms with E-state index in [2.05, 4.69) is 4.98 Å². The number of aromatic nitrogens is 2. The molecule has 0 bridgehead atoms. The van der Waals surface area contributed by atoms with Gasteiger partial charge < -0.3 is 9.80 Å². The van der Waals surface area contributed by atoms with Gasteiger partial charge in [-0.05, 0) is 31.1 Å². The Labute approximate surface area is 160 Å². The SMILES string of the molecule is CC(=O)N1CC[C@H](c2ncc3c(n2)CCN(C(=O)C2[C@H]4CCCC[C@@H]24)C3)C1. The Bertz CT molecular complexity index is 767. The molecule has 2 saturated carbocycles. The molecule has 2 amide bonds. The topological polar surface area (TPSA) is 66.4 Å². The standard InChI is InChI=1S/C21H28N4O2/c1-13(26)24-8-6-14(11-24)20-22-10-15-12-25(9-7-18(15)23-20)21(27)19-16-4-2-3-5-17(16)19/h10,14,16-17,19H,2-9,11-12H2,1H3/t14-,16-,17+,19?/m0/s1. The molecule has 2 aliphatic heterocycles. The largest absolute Gasteiger partial charge is 0.342 e. The predicted molar refractivity (Wildman–Crippen MR) is 99.7 cm³/mol. The third kappa shape index (κ3) is 3.03. The molecule has 3 heterocycles. The second-order valence-corrected chi connectivity index (χ2v) is 8.80. The average Bonchev–Trinajstić information content (AvgIpc) is 3.19. The summed E-state index contributed by atoms with van der Waals surface area (Å²) in [5.41, 5.74) is 2.20. The van der Waals surface area contributed by atoms with Gasteiger partial charge in [0.15, 0.2) is 0 Å². The van der Waals surface area contributed by atoms with Crippen molar-refractivity contribution in [3.05, 3.63) is 23.3 Å². The van der Waals surface area contributed by atoms with E-state index in [0.29, 0.717) is 30.2 Å². The van der Waals surface area contributed by atoms with Gasteiger partial charge in [0.2, 0.25) is 11.8 Å². The minimum Gasteiger partial charge on any atom is -0.342 e. The van der Waals surface area contributed by atoms with Crippen LogP contribution in [-0.4, -0.2) is 51.2 Å². The first-order valence-corrected chi connectivity index (χ1v) is 10.5. The van der Waals surface area contributed by atoms with Crippen molar-refractivity contribution >= 4 is 11.8 Å². The van der Waals surface area contributed by atoms with E-state index in [4.69, 9.17) is 4.98 Å². The summed E-state index contributed by atoms with van der Waals surface area (Å²) in [4.78, 5) is 37.9. The predicted octanol–water partition coefficient (Wildman–Crippen LogP) is 2.13. The molecule has 0 spiro atoms. The summed E-state index contributed by atoms with van der Waals surface area (Å²) in [7, 11) is 0. The van der Waals surface area contributed by atoms with Gasteiger partial charge in [-0.15, -0.1) is 0 Å². The maximum Gasteiger partial charge on any atom is 0.226 e. The van der Waals surface area contributed by atoms with Crippen LogP contribution in [-0.2, 0) is 22.6 Å². The minimum atomic E-state index is 0.130. The van der Waals surface area contributed by atoms with E-state index in [1.54, 1.807) is 6.92 Å². The lowest BCUT2D eigenvalue weighted by Crippen LogP contribution is -2.38. The molecule has 0 aromatic carbocycles. The first-order chi connectivity index (χ1) is 13.1. The van der Waals surface area contributed by atoms with Gasteiger partial charge >= 0.3 is 0 Å². The number of likely N-dealkylation sites (tertiary alicyclic amines) is 1. The molecule has 1 saturated heterocycles. The minimum absolute atomic E-state index is 0.130. The third-order valence-electron chi connectivity index (χ3n) is 7.20. The number of amides is 2. The summed E-state index contributed by atoms with van der Waals surface area (Å²) in [6, 6.07) is 0. The van der Waals surface area contributed by atoms with Gasteiger partial charge in [-0.25, -0.2) is 9.97 Å². The molecule has 0 radical (unpaired) electrons. The Hall–Kier alpha value is -1.98. The lowest BCUT2D eigenvalue weighted by Gasteiger charge is -2.29. The van der Waals surface area contributed by atoms with Crippen molar-refractivity contribution in [2.24, 2.45) is 17.8 Å². The Morgan fingerprint density at radius 3 is 2.56 bits per heavy atom. The second kappa shape index (κ2) is 6.57. The van der Waals surface area contributed by atoms with E-state index in [9.17, 15) is 9.59 Å². The van der Waals surface area contributed by atoms with Gasteiger partial charge in [-0.2, -0.15) is 0 Å². The van der Waals surface area contributed by atoms with Gasteiger partial charge in [0, 0.05) is 63.1 Å². The molecule has 0 N–H and O–H groups in total. The zero-order valence-corrected chi connectivity index (χ0v) is 16.1. The molecule has 6 nitrogen and oxygen atoms in total. The number of hydrogen-bond acceptors (Lipinski definition) is 4. The Kier molecular flexibility index (Phi) is 4.17. The van der Waals surface area contributed by atoms with Crippen molar-refractivity contribution < 1.29 is 9.59 Å². The van der Waals surface area contributed by atoms with Crippen molar-refractivity contribution in [2.75, 3.05) is 19.6 Å².